The third-order valence-electron chi connectivity index (χ3n) is 3.21. The van der Waals surface area contributed by atoms with Gasteiger partial charge >= 0.3 is 0 Å². The summed E-state index contributed by atoms with van der Waals surface area (Å²) >= 11 is 0. The molecule has 0 radical (unpaired) electrons. The van der Waals surface area contributed by atoms with Crippen LogP contribution in [0.15, 0.2) is 18.2 Å². The van der Waals surface area contributed by atoms with E-state index in [4.69, 9.17) is 5.73 Å². The quantitative estimate of drug-likeness (QED) is 0.751. The van der Waals surface area contributed by atoms with Crippen molar-refractivity contribution in [2.24, 2.45) is 0 Å². The molecule has 3 N–H and O–H groups in total. The maximum absolute atomic E-state index is 12.2. The highest BCUT2D eigenvalue weighted by Gasteiger charge is 2.25. The highest BCUT2D eigenvalue weighted by atomic mass is 16.3. The van der Waals surface area contributed by atoms with E-state index < -0.39 is 6.10 Å². The summed E-state index contributed by atoms with van der Waals surface area (Å²) in [7, 11) is 3.81. The number of anilines is 2. The van der Waals surface area contributed by atoms with Crippen LogP contribution in [-0.2, 0) is 0 Å². The van der Waals surface area contributed by atoms with Crippen molar-refractivity contribution in [3.05, 3.63) is 23.8 Å². The standard InChI is InChI=1S/C13H19N3O2/c1-15(2)12-4-3-9(7-11(12)14)13(18)16-6-5-10(17)8-16/h3-4,7,10,17H,5-6,8,14H2,1-2H3/t10-/m1/s1. The molecular formula is C13H19N3O2. The number of β-amino-alcohol motifs (C(OH)–C–C–N with tert-alkyl or cyclic N) is 1. The molecule has 1 aromatic rings. The van der Waals surface area contributed by atoms with Gasteiger partial charge in [0.05, 0.1) is 17.5 Å². The van der Waals surface area contributed by atoms with Crippen LogP contribution in [0.2, 0.25) is 0 Å². The molecule has 5 heteroatoms. The molecular weight excluding hydrogens is 230 g/mol. The van der Waals surface area contributed by atoms with Crippen LogP contribution in [0.4, 0.5) is 11.4 Å². The van der Waals surface area contributed by atoms with Crippen LogP contribution in [0.5, 0.6) is 0 Å². The zero-order chi connectivity index (χ0) is 13.3. The van der Waals surface area contributed by atoms with Crippen LogP contribution in [0, 0.1) is 0 Å². The van der Waals surface area contributed by atoms with Gasteiger partial charge in [-0.25, -0.2) is 0 Å². The van der Waals surface area contributed by atoms with E-state index in [1.54, 1.807) is 17.0 Å². The SMILES string of the molecule is CN(C)c1ccc(C(=O)N2CC[C@@H](O)C2)cc1N. The van der Waals surface area contributed by atoms with Crippen molar-refractivity contribution < 1.29 is 9.90 Å². The Balaban J connectivity index is 2.19. The van der Waals surface area contributed by atoms with Crippen molar-refractivity contribution >= 4 is 17.3 Å². The molecule has 5 nitrogen and oxygen atoms in total. The number of carbonyl (C=O) groups excluding carboxylic acids is 1. The molecule has 1 fully saturated rings. The smallest absolute Gasteiger partial charge is 0.254 e. The molecule has 1 heterocycles. The van der Waals surface area contributed by atoms with Gasteiger partial charge < -0.3 is 20.6 Å². The van der Waals surface area contributed by atoms with Gasteiger partial charge in [-0.2, -0.15) is 0 Å². The molecule has 0 unspecified atom stereocenters. The molecule has 18 heavy (non-hydrogen) atoms. The summed E-state index contributed by atoms with van der Waals surface area (Å²) in [5.41, 5.74) is 7.99. The summed E-state index contributed by atoms with van der Waals surface area (Å²) in [6.45, 7) is 1.02. The van der Waals surface area contributed by atoms with Crippen LogP contribution in [0.1, 0.15) is 16.8 Å². The van der Waals surface area contributed by atoms with Crippen LogP contribution < -0.4 is 10.6 Å². The molecule has 0 bridgehead atoms. The molecule has 1 aliphatic rings. The van der Waals surface area contributed by atoms with Gasteiger partial charge in [-0.15, -0.1) is 0 Å². The number of carbonyl (C=O) groups is 1. The van der Waals surface area contributed by atoms with Crippen LogP contribution in [-0.4, -0.2) is 49.2 Å². The number of aliphatic hydroxyl groups is 1. The topological polar surface area (TPSA) is 69.8 Å². The third-order valence-corrected chi connectivity index (χ3v) is 3.21. The molecule has 0 saturated carbocycles. The average Bonchev–Trinajstić information content (AvgIpc) is 2.74. The summed E-state index contributed by atoms with van der Waals surface area (Å²) < 4.78 is 0. The predicted molar refractivity (Wildman–Crippen MR) is 71.7 cm³/mol. The van der Waals surface area contributed by atoms with Gasteiger partial charge in [0.15, 0.2) is 0 Å². The number of aliphatic hydroxyl groups excluding tert-OH is 1. The Labute approximate surface area is 107 Å². The van der Waals surface area contributed by atoms with Crippen molar-refractivity contribution in [3.8, 4) is 0 Å². The Hall–Kier alpha value is -1.75. The van der Waals surface area contributed by atoms with Gasteiger partial charge in [0, 0.05) is 32.7 Å². The Morgan fingerprint density at radius 3 is 2.72 bits per heavy atom. The van der Waals surface area contributed by atoms with Gasteiger partial charge in [-0.1, -0.05) is 0 Å². The number of nitrogen functional groups attached to an aromatic ring is 1. The number of amides is 1. The Morgan fingerprint density at radius 2 is 2.22 bits per heavy atom. The van der Waals surface area contributed by atoms with Crippen molar-refractivity contribution in [2.45, 2.75) is 12.5 Å². The van der Waals surface area contributed by atoms with Crippen molar-refractivity contribution in [2.75, 3.05) is 37.8 Å². The number of hydrogen-bond donors (Lipinski definition) is 2. The predicted octanol–water partition coefficient (Wildman–Crippen LogP) is 0.542. The molecule has 0 spiro atoms. The minimum atomic E-state index is -0.396. The van der Waals surface area contributed by atoms with E-state index in [2.05, 4.69) is 0 Å². The first-order valence-electron chi connectivity index (χ1n) is 6.03. The van der Waals surface area contributed by atoms with Gasteiger partial charge in [0.2, 0.25) is 0 Å². The molecule has 1 atom stereocenters. The monoisotopic (exact) mass is 249 g/mol. The molecule has 0 aromatic heterocycles. The van der Waals surface area contributed by atoms with Gasteiger partial charge in [-0.3, -0.25) is 4.79 Å². The van der Waals surface area contributed by atoms with Crippen LogP contribution in [0.3, 0.4) is 0 Å². The van der Waals surface area contributed by atoms with Gasteiger partial charge in [0.1, 0.15) is 0 Å². The number of hydrogen-bond acceptors (Lipinski definition) is 4. The molecule has 0 aliphatic carbocycles. The number of likely N-dealkylation sites (tertiary alicyclic amines) is 1. The molecule has 98 valence electrons. The van der Waals surface area contributed by atoms with E-state index in [0.717, 1.165) is 5.69 Å². The van der Waals surface area contributed by atoms with Gasteiger partial charge in [-0.05, 0) is 24.6 Å². The number of benzene rings is 1. The largest absolute Gasteiger partial charge is 0.397 e. The second-order valence-electron chi connectivity index (χ2n) is 4.86. The minimum Gasteiger partial charge on any atom is -0.397 e. The maximum Gasteiger partial charge on any atom is 0.254 e. The lowest BCUT2D eigenvalue weighted by atomic mass is 10.1. The Bertz CT molecular complexity index is 460. The molecule has 2 rings (SSSR count). The third kappa shape index (κ3) is 2.41. The fraction of sp³-hybridized carbons (Fsp3) is 0.462. The highest BCUT2D eigenvalue weighted by Crippen LogP contribution is 2.23. The summed E-state index contributed by atoms with van der Waals surface area (Å²) in [5.74, 6) is -0.0662. The average molecular weight is 249 g/mol. The molecule has 1 aromatic carbocycles. The summed E-state index contributed by atoms with van der Waals surface area (Å²) in [5, 5.41) is 9.44. The Morgan fingerprint density at radius 1 is 1.50 bits per heavy atom. The van der Waals surface area contributed by atoms with E-state index in [-0.39, 0.29) is 5.91 Å². The summed E-state index contributed by atoms with van der Waals surface area (Å²) in [4.78, 5) is 15.7. The number of nitrogens with two attached hydrogens (primary N) is 1. The van der Waals surface area contributed by atoms with E-state index in [0.29, 0.717) is 30.8 Å². The van der Waals surface area contributed by atoms with Crippen molar-refractivity contribution in [1.82, 2.24) is 4.90 Å². The Kier molecular flexibility index (Phi) is 3.43. The second-order valence-corrected chi connectivity index (χ2v) is 4.86. The first kappa shape index (κ1) is 12.7. The van der Waals surface area contributed by atoms with Crippen LogP contribution >= 0.6 is 0 Å². The maximum atomic E-state index is 12.2. The highest BCUT2D eigenvalue weighted by molar-refractivity contribution is 5.96. The lowest BCUT2D eigenvalue weighted by Crippen LogP contribution is -2.29. The first-order valence-corrected chi connectivity index (χ1v) is 6.03. The molecule has 1 saturated heterocycles. The fourth-order valence-electron chi connectivity index (χ4n) is 2.20. The second kappa shape index (κ2) is 4.86. The number of rotatable bonds is 2. The van der Waals surface area contributed by atoms with Crippen molar-refractivity contribution in [1.29, 1.82) is 0 Å². The zero-order valence-electron chi connectivity index (χ0n) is 10.8. The lowest BCUT2D eigenvalue weighted by Gasteiger charge is -2.18. The van der Waals surface area contributed by atoms with Crippen LogP contribution in [0.25, 0.3) is 0 Å². The number of nitrogens with zero attached hydrogens (tertiary/aromatic N) is 2. The minimum absolute atomic E-state index is 0.0662. The van der Waals surface area contributed by atoms with E-state index in [1.165, 1.54) is 0 Å². The van der Waals surface area contributed by atoms with E-state index >= 15 is 0 Å². The summed E-state index contributed by atoms with van der Waals surface area (Å²) in [6.07, 6.45) is 0.254. The lowest BCUT2D eigenvalue weighted by molar-refractivity contribution is 0.0765. The fourth-order valence-corrected chi connectivity index (χ4v) is 2.20. The zero-order valence-corrected chi connectivity index (χ0v) is 10.8. The van der Waals surface area contributed by atoms with Crippen molar-refractivity contribution in [3.63, 3.8) is 0 Å². The summed E-state index contributed by atoms with van der Waals surface area (Å²) in [6, 6.07) is 5.32. The van der Waals surface area contributed by atoms with Gasteiger partial charge in [0.25, 0.3) is 5.91 Å². The molecule has 1 aliphatic heterocycles. The van der Waals surface area contributed by atoms with E-state index in [9.17, 15) is 9.90 Å². The first-order chi connectivity index (χ1) is 8.49. The van der Waals surface area contributed by atoms with E-state index in [1.807, 2.05) is 25.1 Å². The molecule has 1 amide bonds. The normalized spacial score (nSPS) is 19.1.